The third-order valence-corrected chi connectivity index (χ3v) is 3.89. The predicted molar refractivity (Wildman–Crippen MR) is 69.5 cm³/mol. The average Bonchev–Trinajstić information content (AvgIpc) is 2.85. The monoisotopic (exact) mass is 253 g/mol. The molecule has 1 aromatic rings. The van der Waals surface area contributed by atoms with Gasteiger partial charge in [0.2, 0.25) is 0 Å². The number of hydrogen-bond acceptors (Lipinski definition) is 1. The van der Waals surface area contributed by atoms with Gasteiger partial charge in [-0.1, -0.05) is 25.8 Å². The third-order valence-electron chi connectivity index (χ3n) is 3.89. The van der Waals surface area contributed by atoms with Gasteiger partial charge in [0, 0.05) is 12.1 Å². The number of halogens is 2. The van der Waals surface area contributed by atoms with Crippen LogP contribution >= 0.6 is 0 Å². The fourth-order valence-corrected chi connectivity index (χ4v) is 2.95. The molecule has 1 aromatic carbocycles. The second kappa shape index (κ2) is 6.28. The van der Waals surface area contributed by atoms with Crippen LogP contribution in [0, 0.1) is 17.6 Å². The van der Waals surface area contributed by atoms with Gasteiger partial charge in [0.15, 0.2) is 0 Å². The fourth-order valence-electron chi connectivity index (χ4n) is 2.95. The van der Waals surface area contributed by atoms with E-state index in [0.717, 1.165) is 12.6 Å². The van der Waals surface area contributed by atoms with Crippen LogP contribution in [0.15, 0.2) is 18.2 Å². The summed E-state index contributed by atoms with van der Waals surface area (Å²) in [6.07, 6.45) is 5.66. The summed E-state index contributed by atoms with van der Waals surface area (Å²) < 4.78 is 26.5. The summed E-state index contributed by atoms with van der Waals surface area (Å²) >= 11 is 0. The van der Waals surface area contributed by atoms with Crippen molar-refractivity contribution < 1.29 is 8.78 Å². The number of nitrogens with one attached hydrogen (secondary N) is 1. The van der Waals surface area contributed by atoms with E-state index in [2.05, 4.69) is 12.2 Å². The van der Waals surface area contributed by atoms with E-state index in [1.54, 1.807) is 6.07 Å². The molecular formula is C15H21F2N. The number of rotatable bonds is 5. The minimum Gasteiger partial charge on any atom is -0.314 e. The number of benzene rings is 1. The van der Waals surface area contributed by atoms with Gasteiger partial charge in [-0.3, -0.25) is 0 Å². The van der Waals surface area contributed by atoms with E-state index >= 15 is 0 Å². The summed E-state index contributed by atoms with van der Waals surface area (Å²) in [4.78, 5) is 0. The summed E-state index contributed by atoms with van der Waals surface area (Å²) in [5.41, 5.74) is 0.620. The summed E-state index contributed by atoms with van der Waals surface area (Å²) in [6, 6.07) is 4.21. The first-order chi connectivity index (χ1) is 8.70. The highest BCUT2D eigenvalue weighted by Crippen LogP contribution is 2.29. The van der Waals surface area contributed by atoms with Gasteiger partial charge in [-0.25, -0.2) is 8.78 Å². The topological polar surface area (TPSA) is 12.0 Å². The lowest BCUT2D eigenvalue weighted by atomic mass is 9.92. The Morgan fingerprint density at radius 1 is 1.28 bits per heavy atom. The minimum absolute atomic E-state index is 0.317. The molecule has 3 heteroatoms. The zero-order valence-electron chi connectivity index (χ0n) is 10.9. The van der Waals surface area contributed by atoms with E-state index in [9.17, 15) is 8.78 Å². The SMILES string of the molecule is CCNC(Cc1ccc(F)cc1F)C1CCCC1. The predicted octanol–water partition coefficient (Wildman–Crippen LogP) is 3.68. The van der Waals surface area contributed by atoms with Gasteiger partial charge in [-0.15, -0.1) is 0 Å². The van der Waals surface area contributed by atoms with Crippen LogP contribution in [-0.2, 0) is 6.42 Å². The molecule has 1 saturated carbocycles. The highest BCUT2D eigenvalue weighted by Gasteiger charge is 2.25. The third kappa shape index (κ3) is 3.29. The molecule has 1 aliphatic carbocycles. The van der Waals surface area contributed by atoms with Crippen molar-refractivity contribution in [2.24, 2.45) is 5.92 Å². The van der Waals surface area contributed by atoms with Crippen LogP contribution in [0.1, 0.15) is 38.2 Å². The van der Waals surface area contributed by atoms with Crippen molar-refractivity contribution in [1.82, 2.24) is 5.32 Å². The van der Waals surface area contributed by atoms with Crippen LogP contribution in [0.2, 0.25) is 0 Å². The highest BCUT2D eigenvalue weighted by atomic mass is 19.1. The molecule has 0 aliphatic heterocycles. The quantitative estimate of drug-likeness (QED) is 0.844. The van der Waals surface area contributed by atoms with Crippen LogP contribution in [0.4, 0.5) is 8.78 Å². The summed E-state index contributed by atoms with van der Waals surface area (Å²) in [5, 5.41) is 3.45. The lowest BCUT2D eigenvalue weighted by Crippen LogP contribution is -2.37. The molecule has 1 aliphatic rings. The molecular weight excluding hydrogens is 232 g/mol. The molecule has 1 nitrogen and oxygen atoms in total. The summed E-state index contributed by atoms with van der Waals surface area (Å²) in [7, 11) is 0. The zero-order chi connectivity index (χ0) is 13.0. The molecule has 0 radical (unpaired) electrons. The molecule has 1 atom stereocenters. The Hall–Kier alpha value is -0.960. The maximum Gasteiger partial charge on any atom is 0.129 e. The van der Waals surface area contributed by atoms with Crippen LogP contribution in [0.3, 0.4) is 0 Å². The van der Waals surface area contributed by atoms with Crippen molar-refractivity contribution in [2.75, 3.05) is 6.54 Å². The Morgan fingerprint density at radius 2 is 2.00 bits per heavy atom. The van der Waals surface area contributed by atoms with Crippen LogP contribution in [0.25, 0.3) is 0 Å². The van der Waals surface area contributed by atoms with Gasteiger partial charge in [-0.05, 0) is 43.4 Å². The highest BCUT2D eigenvalue weighted by molar-refractivity contribution is 5.20. The first-order valence-electron chi connectivity index (χ1n) is 6.88. The molecule has 0 heterocycles. The number of likely N-dealkylation sites (N-methyl/N-ethyl adjacent to an activating group) is 1. The van der Waals surface area contributed by atoms with E-state index in [4.69, 9.17) is 0 Å². The Balaban J connectivity index is 2.07. The van der Waals surface area contributed by atoms with Crippen molar-refractivity contribution in [3.05, 3.63) is 35.4 Å². The molecule has 100 valence electrons. The van der Waals surface area contributed by atoms with Crippen LogP contribution in [0.5, 0.6) is 0 Å². The molecule has 0 amide bonds. The van der Waals surface area contributed by atoms with Crippen molar-refractivity contribution in [1.29, 1.82) is 0 Å². The van der Waals surface area contributed by atoms with Crippen molar-refractivity contribution in [3.63, 3.8) is 0 Å². The minimum atomic E-state index is -0.503. The van der Waals surface area contributed by atoms with Crippen LogP contribution < -0.4 is 5.32 Å². The maximum absolute atomic E-state index is 13.7. The van der Waals surface area contributed by atoms with E-state index in [1.165, 1.54) is 31.7 Å². The smallest absolute Gasteiger partial charge is 0.129 e. The Kier molecular flexibility index (Phi) is 4.70. The largest absolute Gasteiger partial charge is 0.314 e. The lowest BCUT2D eigenvalue weighted by Gasteiger charge is -2.24. The molecule has 1 N–H and O–H groups in total. The van der Waals surface area contributed by atoms with E-state index in [0.29, 0.717) is 23.9 Å². The molecule has 0 aromatic heterocycles. The first-order valence-corrected chi connectivity index (χ1v) is 6.88. The van der Waals surface area contributed by atoms with Crippen molar-refractivity contribution >= 4 is 0 Å². The Morgan fingerprint density at radius 3 is 2.61 bits per heavy atom. The lowest BCUT2D eigenvalue weighted by molar-refractivity contribution is 0.358. The van der Waals surface area contributed by atoms with E-state index in [-0.39, 0.29) is 0 Å². The van der Waals surface area contributed by atoms with Gasteiger partial charge in [0.05, 0.1) is 0 Å². The maximum atomic E-state index is 13.7. The second-order valence-corrected chi connectivity index (χ2v) is 5.15. The van der Waals surface area contributed by atoms with Gasteiger partial charge < -0.3 is 5.32 Å². The Labute approximate surface area is 108 Å². The normalized spacial score (nSPS) is 18.2. The summed E-state index contributed by atoms with van der Waals surface area (Å²) in [5.74, 6) is -0.289. The molecule has 0 spiro atoms. The van der Waals surface area contributed by atoms with Crippen molar-refractivity contribution in [2.45, 2.75) is 45.1 Å². The van der Waals surface area contributed by atoms with Gasteiger partial charge in [0.1, 0.15) is 11.6 Å². The van der Waals surface area contributed by atoms with Crippen LogP contribution in [-0.4, -0.2) is 12.6 Å². The standard InChI is InChI=1S/C15H21F2N/c1-2-18-15(11-5-3-4-6-11)9-12-7-8-13(16)10-14(12)17/h7-8,10-11,15,18H,2-6,9H2,1H3. The van der Waals surface area contributed by atoms with Gasteiger partial charge in [0.25, 0.3) is 0 Å². The second-order valence-electron chi connectivity index (χ2n) is 5.15. The first kappa shape index (κ1) is 13.5. The van der Waals surface area contributed by atoms with Crippen molar-refractivity contribution in [3.8, 4) is 0 Å². The molecule has 18 heavy (non-hydrogen) atoms. The molecule has 0 bridgehead atoms. The van der Waals surface area contributed by atoms with Gasteiger partial charge in [-0.2, -0.15) is 0 Å². The Bertz CT molecular complexity index is 386. The van der Waals surface area contributed by atoms with E-state index < -0.39 is 11.6 Å². The molecule has 2 rings (SSSR count). The van der Waals surface area contributed by atoms with E-state index in [1.807, 2.05) is 0 Å². The summed E-state index contributed by atoms with van der Waals surface area (Å²) in [6.45, 7) is 2.97. The average molecular weight is 253 g/mol. The molecule has 1 fully saturated rings. The molecule has 1 unspecified atom stereocenters. The zero-order valence-corrected chi connectivity index (χ0v) is 10.9. The molecule has 0 saturated heterocycles. The number of hydrogen-bond donors (Lipinski definition) is 1. The fraction of sp³-hybridized carbons (Fsp3) is 0.600. The van der Waals surface area contributed by atoms with Gasteiger partial charge >= 0.3 is 0 Å².